The summed E-state index contributed by atoms with van der Waals surface area (Å²) in [5.74, 6) is 4.95. The fourth-order valence-corrected chi connectivity index (χ4v) is 1.72. The van der Waals surface area contributed by atoms with Crippen LogP contribution in [-0.4, -0.2) is 30.4 Å². The summed E-state index contributed by atoms with van der Waals surface area (Å²) in [5.41, 5.74) is 2.17. The van der Waals surface area contributed by atoms with E-state index >= 15 is 0 Å². The molecule has 4 nitrogen and oxygen atoms in total. The Morgan fingerprint density at radius 1 is 1.15 bits per heavy atom. The van der Waals surface area contributed by atoms with Crippen molar-refractivity contribution >= 4 is 5.91 Å². The first-order chi connectivity index (χ1) is 6.33. The van der Waals surface area contributed by atoms with Gasteiger partial charge in [0.1, 0.15) is 0 Å². The highest BCUT2D eigenvalue weighted by Gasteiger charge is 2.10. The molecule has 0 aromatic heterocycles. The standard InChI is InChI=1S/C9H19N3O/c10-11-9(13)8-12-6-4-2-1-3-5-7-12/h1-8,10H2,(H,11,13). The van der Waals surface area contributed by atoms with Crippen molar-refractivity contribution in [2.75, 3.05) is 19.6 Å². The molecule has 13 heavy (non-hydrogen) atoms. The Bertz CT molecular complexity index is 153. The van der Waals surface area contributed by atoms with Gasteiger partial charge in [-0.25, -0.2) is 5.84 Å². The molecule has 1 rings (SSSR count). The Labute approximate surface area is 79.4 Å². The molecule has 3 N–H and O–H groups in total. The maximum Gasteiger partial charge on any atom is 0.248 e. The summed E-state index contributed by atoms with van der Waals surface area (Å²) in [6.07, 6.45) is 6.34. The molecule has 0 spiro atoms. The van der Waals surface area contributed by atoms with Crippen molar-refractivity contribution < 1.29 is 4.79 Å². The van der Waals surface area contributed by atoms with E-state index in [1.54, 1.807) is 0 Å². The molecule has 1 saturated heterocycles. The third-order valence-electron chi connectivity index (χ3n) is 2.48. The number of hydrazine groups is 1. The molecule has 4 heteroatoms. The summed E-state index contributed by atoms with van der Waals surface area (Å²) in [4.78, 5) is 13.2. The lowest BCUT2D eigenvalue weighted by molar-refractivity contribution is -0.122. The van der Waals surface area contributed by atoms with Crippen molar-refractivity contribution in [2.45, 2.75) is 32.1 Å². The molecule has 0 aromatic rings. The monoisotopic (exact) mass is 185 g/mol. The Morgan fingerprint density at radius 2 is 1.69 bits per heavy atom. The minimum absolute atomic E-state index is 0.0828. The molecule has 1 aliphatic heterocycles. The first-order valence-corrected chi connectivity index (χ1v) is 5.05. The summed E-state index contributed by atoms with van der Waals surface area (Å²) in [6.45, 7) is 2.53. The van der Waals surface area contributed by atoms with Crippen LogP contribution in [0.3, 0.4) is 0 Å². The maximum atomic E-state index is 11.0. The fraction of sp³-hybridized carbons (Fsp3) is 0.889. The summed E-state index contributed by atoms with van der Waals surface area (Å²) < 4.78 is 0. The third-order valence-corrected chi connectivity index (χ3v) is 2.48. The molecule has 0 atom stereocenters. The number of carbonyl (C=O) groups is 1. The predicted octanol–water partition coefficient (Wildman–Crippen LogP) is 0.242. The molecule has 1 amide bonds. The van der Waals surface area contributed by atoms with Crippen LogP contribution >= 0.6 is 0 Å². The number of carbonyl (C=O) groups excluding carboxylic acids is 1. The summed E-state index contributed by atoms with van der Waals surface area (Å²) >= 11 is 0. The second kappa shape index (κ2) is 5.94. The first kappa shape index (κ1) is 10.5. The van der Waals surface area contributed by atoms with Crippen molar-refractivity contribution in [3.05, 3.63) is 0 Å². The van der Waals surface area contributed by atoms with E-state index in [4.69, 9.17) is 5.84 Å². The number of hydrogen-bond acceptors (Lipinski definition) is 3. The summed E-state index contributed by atoms with van der Waals surface area (Å²) in [6, 6.07) is 0. The van der Waals surface area contributed by atoms with E-state index in [1.807, 2.05) is 0 Å². The van der Waals surface area contributed by atoms with E-state index in [1.165, 1.54) is 32.1 Å². The highest BCUT2D eigenvalue weighted by Crippen LogP contribution is 2.09. The Hall–Kier alpha value is -0.610. The maximum absolute atomic E-state index is 11.0. The molecular weight excluding hydrogens is 166 g/mol. The zero-order chi connectivity index (χ0) is 9.52. The largest absolute Gasteiger partial charge is 0.294 e. The van der Waals surface area contributed by atoms with E-state index in [2.05, 4.69) is 10.3 Å². The SMILES string of the molecule is NNC(=O)CN1CCCCCCC1. The van der Waals surface area contributed by atoms with Gasteiger partial charge in [-0.3, -0.25) is 15.1 Å². The van der Waals surface area contributed by atoms with Crippen molar-refractivity contribution in [3.63, 3.8) is 0 Å². The Morgan fingerprint density at radius 3 is 2.23 bits per heavy atom. The van der Waals surface area contributed by atoms with Gasteiger partial charge in [0.2, 0.25) is 5.91 Å². The highest BCUT2D eigenvalue weighted by atomic mass is 16.2. The van der Waals surface area contributed by atoms with Crippen LogP contribution in [-0.2, 0) is 4.79 Å². The van der Waals surface area contributed by atoms with Gasteiger partial charge in [-0.05, 0) is 25.9 Å². The van der Waals surface area contributed by atoms with Gasteiger partial charge in [-0.1, -0.05) is 19.3 Å². The van der Waals surface area contributed by atoms with Crippen LogP contribution in [0.25, 0.3) is 0 Å². The fourth-order valence-electron chi connectivity index (χ4n) is 1.72. The van der Waals surface area contributed by atoms with E-state index in [-0.39, 0.29) is 5.91 Å². The second-order valence-electron chi connectivity index (χ2n) is 3.61. The van der Waals surface area contributed by atoms with Crippen LogP contribution in [0.4, 0.5) is 0 Å². The van der Waals surface area contributed by atoms with Gasteiger partial charge in [-0.2, -0.15) is 0 Å². The summed E-state index contributed by atoms with van der Waals surface area (Å²) in [7, 11) is 0. The average Bonchev–Trinajstić information content (AvgIpc) is 2.09. The Kier molecular flexibility index (Phi) is 4.78. The Balaban J connectivity index is 2.25. The minimum Gasteiger partial charge on any atom is -0.294 e. The van der Waals surface area contributed by atoms with Crippen molar-refractivity contribution in [1.29, 1.82) is 0 Å². The highest BCUT2D eigenvalue weighted by molar-refractivity contribution is 5.77. The van der Waals surface area contributed by atoms with Crippen molar-refractivity contribution in [2.24, 2.45) is 5.84 Å². The number of amides is 1. The number of hydrogen-bond donors (Lipinski definition) is 2. The molecule has 0 bridgehead atoms. The van der Waals surface area contributed by atoms with Gasteiger partial charge in [0.25, 0.3) is 0 Å². The lowest BCUT2D eigenvalue weighted by Gasteiger charge is -2.23. The van der Waals surface area contributed by atoms with Crippen LogP contribution in [0.2, 0.25) is 0 Å². The van der Waals surface area contributed by atoms with Crippen LogP contribution in [0, 0.1) is 0 Å². The van der Waals surface area contributed by atoms with Gasteiger partial charge in [0.05, 0.1) is 6.54 Å². The average molecular weight is 185 g/mol. The third kappa shape index (κ3) is 4.24. The molecule has 1 fully saturated rings. The predicted molar refractivity (Wildman–Crippen MR) is 51.9 cm³/mol. The van der Waals surface area contributed by atoms with Crippen LogP contribution in [0.1, 0.15) is 32.1 Å². The zero-order valence-electron chi connectivity index (χ0n) is 8.09. The number of nitrogens with zero attached hydrogens (tertiary/aromatic N) is 1. The lowest BCUT2D eigenvalue weighted by atomic mass is 10.1. The van der Waals surface area contributed by atoms with E-state index in [9.17, 15) is 4.79 Å². The minimum atomic E-state index is -0.0828. The number of likely N-dealkylation sites (tertiary alicyclic amines) is 1. The summed E-state index contributed by atoms with van der Waals surface area (Å²) in [5, 5.41) is 0. The topological polar surface area (TPSA) is 58.4 Å². The van der Waals surface area contributed by atoms with Crippen molar-refractivity contribution in [1.82, 2.24) is 10.3 Å². The van der Waals surface area contributed by atoms with Gasteiger partial charge in [0, 0.05) is 0 Å². The van der Waals surface area contributed by atoms with Gasteiger partial charge in [0.15, 0.2) is 0 Å². The molecule has 0 aliphatic carbocycles. The number of nitrogens with one attached hydrogen (secondary N) is 1. The normalized spacial score (nSPS) is 20.4. The van der Waals surface area contributed by atoms with Crippen molar-refractivity contribution in [3.8, 4) is 0 Å². The van der Waals surface area contributed by atoms with E-state index < -0.39 is 0 Å². The van der Waals surface area contributed by atoms with Gasteiger partial charge < -0.3 is 0 Å². The molecule has 1 heterocycles. The zero-order valence-corrected chi connectivity index (χ0v) is 8.09. The van der Waals surface area contributed by atoms with Crippen LogP contribution in [0.5, 0.6) is 0 Å². The lowest BCUT2D eigenvalue weighted by Crippen LogP contribution is -2.41. The molecular formula is C9H19N3O. The van der Waals surface area contributed by atoms with Crippen LogP contribution in [0.15, 0.2) is 0 Å². The molecule has 0 unspecified atom stereocenters. The molecule has 0 saturated carbocycles. The van der Waals surface area contributed by atoms with Gasteiger partial charge >= 0.3 is 0 Å². The molecule has 0 aromatic carbocycles. The molecule has 1 aliphatic rings. The number of rotatable bonds is 2. The van der Waals surface area contributed by atoms with E-state index in [0.717, 1.165) is 13.1 Å². The van der Waals surface area contributed by atoms with Gasteiger partial charge in [-0.15, -0.1) is 0 Å². The quantitative estimate of drug-likeness (QED) is 0.368. The number of nitrogens with two attached hydrogens (primary N) is 1. The smallest absolute Gasteiger partial charge is 0.248 e. The van der Waals surface area contributed by atoms with Crippen LogP contribution < -0.4 is 11.3 Å². The second-order valence-corrected chi connectivity index (χ2v) is 3.61. The first-order valence-electron chi connectivity index (χ1n) is 5.05. The molecule has 0 radical (unpaired) electrons. The molecule has 76 valence electrons. The van der Waals surface area contributed by atoms with E-state index in [0.29, 0.717) is 6.54 Å².